The molecular formula is C15H8NO4S3-. The molecule has 116 valence electrons. The minimum Gasteiger partial charge on any atom is -0.872 e. The minimum atomic E-state index is -1.34. The van der Waals surface area contributed by atoms with Crippen LogP contribution in [0.5, 0.6) is 5.75 Å². The van der Waals surface area contributed by atoms with Crippen molar-refractivity contribution < 1.29 is 19.8 Å². The van der Waals surface area contributed by atoms with E-state index in [1.807, 2.05) is 17.5 Å². The van der Waals surface area contributed by atoms with Crippen molar-refractivity contribution in [1.29, 1.82) is 0 Å². The summed E-state index contributed by atoms with van der Waals surface area (Å²) in [4.78, 5) is 26.2. The van der Waals surface area contributed by atoms with Gasteiger partial charge in [0.15, 0.2) is 4.32 Å². The number of benzene rings is 1. The topological polar surface area (TPSA) is 80.7 Å². The molecule has 0 atom stereocenters. The van der Waals surface area contributed by atoms with Crippen LogP contribution in [0.15, 0.2) is 40.6 Å². The van der Waals surface area contributed by atoms with E-state index in [4.69, 9.17) is 17.3 Å². The number of carboxylic acid groups (broad SMARTS) is 1. The molecule has 1 aliphatic rings. The highest BCUT2D eigenvalue weighted by atomic mass is 32.2. The predicted octanol–water partition coefficient (Wildman–Crippen LogP) is 2.93. The Hall–Kier alpha value is -2.16. The van der Waals surface area contributed by atoms with Gasteiger partial charge in [-0.1, -0.05) is 41.9 Å². The Morgan fingerprint density at radius 2 is 2.13 bits per heavy atom. The van der Waals surface area contributed by atoms with Crippen LogP contribution in [0.4, 0.5) is 5.69 Å². The lowest BCUT2D eigenvalue weighted by molar-refractivity contribution is -0.268. The Morgan fingerprint density at radius 1 is 1.35 bits per heavy atom. The zero-order chi connectivity index (χ0) is 16.6. The van der Waals surface area contributed by atoms with Gasteiger partial charge >= 0.3 is 5.97 Å². The largest absolute Gasteiger partial charge is 0.872 e. The van der Waals surface area contributed by atoms with Crippen LogP contribution in [0.25, 0.3) is 6.08 Å². The van der Waals surface area contributed by atoms with Gasteiger partial charge in [-0.25, -0.2) is 4.79 Å². The summed E-state index contributed by atoms with van der Waals surface area (Å²) >= 11 is 7.86. The molecule has 0 radical (unpaired) electrons. The summed E-state index contributed by atoms with van der Waals surface area (Å²) < 4.78 is 0.299. The average molecular weight is 362 g/mol. The monoisotopic (exact) mass is 362 g/mol. The molecule has 0 aliphatic carbocycles. The number of hydrogen-bond acceptors (Lipinski definition) is 6. The summed E-state index contributed by atoms with van der Waals surface area (Å²) in [6.45, 7) is 0. The van der Waals surface area contributed by atoms with Crippen molar-refractivity contribution in [3.8, 4) is 5.75 Å². The van der Waals surface area contributed by atoms with Crippen LogP contribution in [-0.2, 0) is 4.79 Å². The lowest BCUT2D eigenvalue weighted by atomic mass is 10.1. The first-order valence-corrected chi connectivity index (χ1v) is 8.43. The number of anilines is 1. The van der Waals surface area contributed by atoms with Gasteiger partial charge in [0.25, 0.3) is 5.91 Å². The first kappa shape index (κ1) is 15.7. The van der Waals surface area contributed by atoms with Crippen molar-refractivity contribution >= 4 is 63.3 Å². The molecule has 8 heteroatoms. The summed E-state index contributed by atoms with van der Waals surface area (Å²) in [5, 5.41) is 22.5. The number of hydrogen-bond donors (Lipinski definition) is 1. The molecule has 1 amide bonds. The van der Waals surface area contributed by atoms with Crippen LogP contribution >= 0.6 is 35.3 Å². The first-order valence-electron chi connectivity index (χ1n) is 6.33. The summed E-state index contributed by atoms with van der Waals surface area (Å²) in [6.07, 6.45) is 1.74. The number of carboxylic acids is 1. The number of amides is 1. The number of thiophene rings is 1. The maximum absolute atomic E-state index is 12.5. The Bertz CT molecular complexity index is 842. The van der Waals surface area contributed by atoms with E-state index in [-0.39, 0.29) is 11.6 Å². The zero-order valence-corrected chi connectivity index (χ0v) is 13.8. The van der Waals surface area contributed by atoms with Gasteiger partial charge < -0.3 is 10.2 Å². The molecule has 3 rings (SSSR count). The van der Waals surface area contributed by atoms with Crippen LogP contribution in [-0.4, -0.2) is 21.3 Å². The number of aromatic carboxylic acids is 1. The molecule has 1 aromatic carbocycles. The zero-order valence-electron chi connectivity index (χ0n) is 11.4. The van der Waals surface area contributed by atoms with E-state index in [0.717, 1.165) is 22.7 Å². The highest BCUT2D eigenvalue weighted by Crippen LogP contribution is 2.37. The fraction of sp³-hybridized carbons (Fsp3) is 0. The second kappa shape index (κ2) is 6.15. The third kappa shape index (κ3) is 3.00. The Morgan fingerprint density at radius 3 is 2.78 bits per heavy atom. The number of nitrogens with zero attached hydrogens (tertiary/aromatic N) is 1. The van der Waals surface area contributed by atoms with E-state index < -0.39 is 17.3 Å². The average Bonchev–Trinajstić information content (AvgIpc) is 3.09. The van der Waals surface area contributed by atoms with Gasteiger partial charge in [0, 0.05) is 4.88 Å². The van der Waals surface area contributed by atoms with Gasteiger partial charge in [-0.15, -0.1) is 11.3 Å². The third-order valence-corrected chi connectivity index (χ3v) is 5.18. The van der Waals surface area contributed by atoms with E-state index in [9.17, 15) is 14.7 Å². The maximum atomic E-state index is 12.5. The molecule has 2 heterocycles. The van der Waals surface area contributed by atoms with E-state index in [0.29, 0.717) is 9.23 Å². The Balaban J connectivity index is 1.98. The number of thioether (sulfide) groups is 1. The predicted molar refractivity (Wildman–Crippen MR) is 92.8 cm³/mol. The van der Waals surface area contributed by atoms with Crippen LogP contribution < -0.4 is 10.0 Å². The molecule has 0 unspecified atom stereocenters. The minimum absolute atomic E-state index is 0.277. The van der Waals surface area contributed by atoms with Crippen LogP contribution in [0.1, 0.15) is 15.2 Å². The fourth-order valence-electron chi connectivity index (χ4n) is 2.02. The molecule has 1 fully saturated rings. The summed E-state index contributed by atoms with van der Waals surface area (Å²) in [6, 6.07) is 7.45. The molecule has 0 spiro atoms. The smallest absolute Gasteiger partial charge is 0.335 e. The maximum Gasteiger partial charge on any atom is 0.335 e. The molecule has 1 N–H and O–H groups in total. The van der Waals surface area contributed by atoms with Gasteiger partial charge in [-0.2, -0.15) is 0 Å². The van der Waals surface area contributed by atoms with Gasteiger partial charge in [0.05, 0.1) is 16.2 Å². The van der Waals surface area contributed by atoms with Crippen molar-refractivity contribution in [3.63, 3.8) is 0 Å². The normalized spacial score (nSPS) is 16.3. The quantitative estimate of drug-likeness (QED) is 0.668. The third-order valence-electron chi connectivity index (χ3n) is 3.06. The summed E-state index contributed by atoms with van der Waals surface area (Å²) in [5.41, 5.74) is -0.113. The highest BCUT2D eigenvalue weighted by Gasteiger charge is 2.33. The van der Waals surface area contributed by atoms with E-state index >= 15 is 0 Å². The van der Waals surface area contributed by atoms with Crippen molar-refractivity contribution in [2.24, 2.45) is 0 Å². The van der Waals surface area contributed by atoms with E-state index in [1.165, 1.54) is 28.4 Å². The van der Waals surface area contributed by atoms with Crippen molar-refractivity contribution in [2.45, 2.75) is 0 Å². The van der Waals surface area contributed by atoms with Crippen molar-refractivity contribution in [2.75, 3.05) is 4.90 Å². The molecule has 1 aliphatic heterocycles. The van der Waals surface area contributed by atoms with Gasteiger partial charge in [0.2, 0.25) is 0 Å². The lowest BCUT2D eigenvalue weighted by Gasteiger charge is -2.18. The highest BCUT2D eigenvalue weighted by molar-refractivity contribution is 8.27. The Labute approximate surface area is 144 Å². The second-order valence-electron chi connectivity index (χ2n) is 4.52. The molecule has 5 nitrogen and oxygen atoms in total. The Kier molecular flexibility index (Phi) is 4.20. The standard InChI is InChI=1S/C15H9NO4S3/c17-11-4-3-8(6-10(11)14(19)20)16-13(18)12(23-15(16)21)7-9-2-1-5-22-9/h1-7,17H,(H,19,20)/p-1/b12-7+. The number of carbonyl (C=O) groups is 2. The van der Waals surface area contributed by atoms with E-state index in [1.54, 1.807) is 6.08 Å². The SMILES string of the molecule is O=C(O)c1cc(N2C(=O)/C(=C\c3cccs3)SC2=S)ccc1[O-]. The van der Waals surface area contributed by atoms with Crippen LogP contribution in [0, 0.1) is 0 Å². The van der Waals surface area contributed by atoms with Crippen molar-refractivity contribution in [1.82, 2.24) is 0 Å². The van der Waals surface area contributed by atoms with Gasteiger partial charge in [-0.05, 0) is 29.7 Å². The van der Waals surface area contributed by atoms with Crippen LogP contribution in [0.3, 0.4) is 0 Å². The number of carbonyl (C=O) groups excluding carboxylic acids is 1. The molecule has 0 saturated carbocycles. The van der Waals surface area contributed by atoms with E-state index in [2.05, 4.69) is 0 Å². The number of rotatable bonds is 3. The van der Waals surface area contributed by atoms with Gasteiger partial charge in [-0.3, -0.25) is 9.69 Å². The first-order chi connectivity index (χ1) is 11.0. The van der Waals surface area contributed by atoms with Gasteiger partial charge in [0.1, 0.15) is 0 Å². The summed E-state index contributed by atoms with van der Waals surface area (Å²) in [7, 11) is 0. The molecule has 1 aromatic heterocycles. The molecule has 1 saturated heterocycles. The molecule has 23 heavy (non-hydrogen) atoms. The fourth-order valence-corrected chi connectivity index (χ4v) is 4.04. The molecule has 0 bridgehead atoms. The van der Waals surface area contributed by atoms with Crippen LogP contribution in [0.2, 0.25) is 0 Å². The lowest BCUT2D eigenvalue weighted by Crippen LogP contribution is -2.27. The second-order valence-corrected chi connectivity index (χ2v) is 7.17. The number of thiocarbonyl (C=S) groups is 1. The molecular weight excluding hydrogens is 354 g/mol. The van der Waals surface area contributed by atoms with Crippen molar-refractivity contribution in [3.05, 3.63) is 51.1 Å². The molecule has 2 aromatic rings. The summed E-state index contributed by atoms with van der Waals surface area (Å²) in [5.74, 6) is -2.28.